The molecule has 0 unspecified atom stereocenters. The Labute approximate surface area is 192 Å². The van der Waals surface area contributed by atoms with Crippen molar-refractivity contribution < 1.29 is 9.47 Å². The van der Waals surface area contributed by atoms with Crippen LogP contribution in [0, 0.1) is 0 Å². The van der Waals surface area contributed by atoms with E-state index in [1.54, 1.807) is 47.3 Å². The van der Waals surface area contributed by atoms with Gasteiger partial charge in [0.2, 0.25) is 0 Å². The number of hydrogen-bond donors (Lipinski definition) is 1. The molecule has 0 atom stereocenters. The summed E-state index contributed by atoms with van der Waals surface area (Å²) in [5.74, 6) is 1.58. The minimum absolute atomic E-state index is 0.178. The molecule has 0 spiro atoms. The van der Waals surface area contributed by atoms with Gasteiger partial charge in [0.1, 0.15) is 17.7 Å². The SMILES string of the molecule is COc1cc2nc(Cn3cnc4c(N)ncnc43)n(-c3ccccc3Cl)c(=O)c2cc1OC. The molecule has 0 amide bonds. The number of nitrogens with zero attached hydrogens (tertiary/aromatic N) is 6. The predicted octanol–water partition coefficient (Wildman–Crippen LogP) is 2.83. The van der Waals surface area contributed by atoms with Gasteiger partial charge in [-0.05, 0) is 18.2 Å². The molecule has 0 saturated carbocycles. The van der Waals surface area contributed by atoms with E-state index in [1.807, 2.05) is 0 Å². The number of halogens is 1. The van der Waals surface area contributed by atoms with Crippen LogP contribution < -0.4 is 20.8 Å². The number of imidazole rings is 1. The Morgan fingerprint density at radius 2 is 1.82 bits per heavy atom. The van der Waals surface area contributed by atoms with Crippen LogP contribution in [-0.4, -0.2) is 43.3 Å². The Kier molecular flexibility index (Phi) is 5.06. The van der Waals surface area contributed by atoms with Gasteiger partial charge >= 0.3 is 0 Å². The fourth-order valence-corrected chi connectivity index (χ4v) is 3.93. The molecule has 2 aromatic carbocycles. The third-order valence-corrected chi connectivity index (χ3v) is 5.60. The summed E-state index contributed by atoms with van der Waals surface area (Å²) in [5.41, 5.74) is 7.56. The van der Waals surface area contributed by atoms with Gasteiger partial charge in [-0.2, -0.15) is 0 Å². The highest BCUT2D eigenvalue weighted by atomic mass is 35.5. The van der Waals surface area contributed by atoms with Crippen molar-refractivity contribution in [1.82, 2.24) is 29.1 Å². The minimum atomic E-state index is -0.303. The lowest BCUT2D eigenvalue weighted by molar-refractivity contribution is 0.355. The monoisotopic (exact) mass is 463 g/mol. The van der Waals surface area contributed by atoms with E-state index < -0.39 is 0 Å². The van der Waals surface area contributed by atoms with Crippen molar-refractivity contribution in [2.75, 3.05) is 20.0 Å². The van der Waals surface area contributed by atoms with Crippen LogP contribution in [0.25, 0.3) is 27.8 Å². The fourth-order valence-electron chi connectivity index (χ4n) is 3.71. The van der Waals surface area contributed by atoms with Crippen molar-refractivity contribution >= 4 is 39.5 Å². The number of rotatable bonds is 5. The number of aromatic nitrogens is 6. The van der Waals surface area contributed by atoms with Crippen LogP contribution in [-0.2, 0) is 6.54 Å². The summed E-state index contributed by atoms with van der Waals surface area (Å²) in [7, 11) is 3.03. The minimum Gasteiger partial charge on any atom is -0.493 e. The standard InChI is InChI=1S/C22H18ClN7O3/c1-32-16-7-12-14(8-17(16)33-2)28-18(30(22(12)31)15-6-4-3-5-13(15)23)9-29-11-27-19-20(24)25-10-26-21(19)29/h3-8,10-11H,9H2,1-2H3,(H2,24,25,26). The second-order valence-corrected chi connectivity index (χ2v) is 7.56. The Morgan fingerprint density at radius 3 is 2.58 bits per heavy atom. The van der Waals surface area contributed by atoms with Gasteiger partial charge in [-0.3, -0.25) is 9.36 Å². The van der Waals surface area contributed by atoms with Crippen molar-refractivity contribution in [2.24, 2.45) is 0 Å². The molecule has 0 radical (unpaired) electrons. The summed E-state index contributed by atoms with van der Waals surface area (Å²) in [6, 6.07) is 10.3. The van der Waals surface area contributed by atoms with Gasteiger partial charge < -0.3 is 19.8 Å². The van der Waals surface area contributed by atoms with Crippen molar-refractivity contribution in [2.45, 2.75) is 6.54 Å². The van der Waals surface area contributed by atoms with Gasteiger partial charge in [0, 0.05) is 6.07 Å². The molecule has 5 rings (SSSR count). The molecule has 2 N–H and O–H groups in total. The predicted molar refractivity (Wildman–Crippen MR) is 124 cm³/mol. The van der Waals surface area contributed by atoms with Crippen molar-refractivity contribution in [3.63, 3.8) is 0 Å². The second-order valence-electron chi connectivity index (χ2n) is 7.15. The molecule has 0 aliphatic rings. The van der Waals surface area contributed by atoms with E-state index in [9.17, 15) is 4.79 Å². The van der Waals surface area contributed by atoms with E-state index in [0.717, 1.165) is 0 Å². The van der Waals surface area contributed by atoms with Gasteiger partial charge in [0.25, 0.3) is 5.56 Å². The lowest BCUT2D eigenvalue weighted by Crippen LogP contribution is -2.25. The van der Waals surface area contributed by atoms with Crippen LogP contribution in [0.3, 0.4) is 0 Å². The number of nitrogen functional groups attached to an aromatic ring is 1. The van der Waals surface area contributed by atoms with E-state index in [4.69, 9.17) is 31.8 Å². The van der Waals surface area contributed by atoms with Crippen LogP contribution in [0.2, 0.25) is 5.02 Å². The molecular weight excluding hydrogens is 446 g/mol. The van der Waals surface area contributed by atoms with Crippen LogP contribution in [0.15, 0.2) is 53.8 Å². The molecular formula is C22H18ClN7O3. The van der Waals surface area contributed by atoms with Crippen LogP contribution >= 0.6 is 11.6 Å². The first-order valence-corrected chi connectivity index (χ1v) is 10.2. The lowest BCUT2D eigenvalue weighted by Gasteiger charge is -2.16. The van der Waals surface area contributed by atoms with E-state index in [1.165, 1.54) is 25.1 Å². The van der Waals surface area contributed by atoms with Gasteiger partial charge in [-0.1, -0.05) is 23.7 Å². The topological polar surface area (TPSA) is 123 Å². The summed E-state index contributed by atoms with van der Waals surface area (Å²) in [5, 5.41) is 0.767. The first kappa shape index (κ1) is 20.7. The largest absolute Gasteiger partial charge is 0.493 e. The maximum absolute atomic E-state index is 13.7. The van der Waals surface area contributed by atoms with E-state index in [2.05, 4.69) is 15.0 Å². The zero-order valence-electron chi connectivity index (χ0n) is 17.7. The lowest BCUT2D eigenvalue weighted by atomic mass is 10.2. The number of anilines is 1. The molecule has 166 valence electrons. The number of hydrogen-bond acceptors (Lipinski definition) is 8. The van der Waals surface area contributed by atoms with Crippen LogP contribution in [0.4, 0.5) is 5.82 Å². The maximum Gasteiger partial charge on any atom is 0.266 e. The Balaban J connectivity index is 1.80. The molecule has 0 aliphatic heterocycles. The molecule has 33 heavy (non-hydrogen) atoms. The second kappa shape index (κ2) is 8.06. The van der Waals surface area contributed by atoms with Crippen molar-refractivity contribution in [3.05, 3.63) is 70.3 Å². The third kappa shape index (κ3) is 3.40. The van der Waals surface area contributed by atoms with E-state index in [0.29, 0.717) is 50.1 Å². The molecule has 3 heterocycles. The molecule has 5 aromatic rings. The first-order valence-electron chi connectivity index (χ1n) is 9.85. The van der Waals surface area contributed by atoms with Crippen LogP contribution in [0.5, 0.6) is 11.5 Å². The Hall–Kier alpha value is -4.18. The summed E-state index contributed by atoms with van der Waals surface area (Å²) in [6.07, 6.45) is 2.94. The van der Waals surface area contributed by atoms with Gasteiger partial charge in [0.05, 0.1) is 48.7 Å². The normalized spacial score (nSPS) is 11.2. The zero-order chi connectivity index (χ0) is 23.1. The quantitative estimate of drug-likeness (QED) is 0.422. The van der Waals surface area contributed by atoms with Gasteiger partial charge in [-0.15, -0.1) is 0 Å². The summed E-state index contributed by atoms with van der Waals surface area (Å²) >= 11 is 6.47. The molecule has 11 heteroatoms. The Bertz CT molecular complexity index is 1580. The Morgan fingerprint density at radius 1 is 1.06 bits per heavy atom. The molecule has 0 bridgehead atoms. The molecule has 3 aromatic heterocycles. The summed E-state index contributed by atoms with van der Waals surface area (Å²) < 4.78 is 14.0. The highest BCUT2D eigenvalue weighted by Gasteiger charge is 2.19. The number of methoxy groups -OCH3 is 2. The number of para-hydroxylation sites is 1. The summed E-state index contributed by atoms with van der Waals surface area (Å²) in [4.78, 5) is 31.1. The zero-order valence-corrected chi connectivity index (χ0v) is 18.4. The number of ether oxygens (including phenoxy) is 2. The molecule has 10 nitrogen and oxygen atoms in total. The maximum atomic E-state index is 13.7. The third-order valence-electron chi connectivity index (χ3n) is 5.28. The highest BCUT2D eigenvalue weighted by molar-refractivity contribution is 6.32. The van der Waals surface area contributed by atoms with Crippen molar-refractivity contribution in [3.8, 4) is 17.2 Å². The summed E-state index contributed by atoms with van der Waals surface area (Å²) in [6.45, 7) is 0.178. The van der Waals surface area contributed by atoms with E-state index in [-0.39, 0.29) is 17.9 Å². The fraction of sp³-hybridized carbons (Fsp3) is 0.136. The number of nitrogens with two attached hydrogens (primary N) is 1. The van der Waals surface area contributed by atoms with Gasteiger partial charge in [0.15, 0.2) is 23.0 Å². The average molecular weight is 464 g/mol. The highest BCUT2D eigenvalue weighted by Crippen LogP contribution is 2.31. The smallest absolute Gasteiger partial charge is 0.266 e. The molecule has 0 saturated heterocycles. The first-order chi connectivity index (χ1) is 16.0. The average Bonchev–Trinajstić information content (AvgIpc) is 3.23. The molecule has 0 aliphatic carbocycles. The van der Waals surface area contributed by atoms with E-state index >= 15 is 0 Å². The number of benzene rings is 2. The van der Waals surface area contributed by atoms with Crippen LogP contribution in [0.1, 0.15) is 5.82 Å². The number of fused-ring (bicyclic) bond motifs is 2. The van der Waals surface area contributed by atoms with Crippen molar-refractivity contribution in [1.29, 1.82) is 0 Å². The molecule has 0 fully saturated rings. The van der Waals surface area contributed by atoms with Gasteiger partial charge in [-0.25, -0.2) is 19.9 Å².